The number of carbonyl (C=O) groups is 2. The van der Waals surface area contributed by atoms with Crippen LogP contribution >= 0.6 is 0 Å². The lowest BCUT2D eigenvalue weighted by Gasteiger charge is -2.09. The van der Waals surface area contributed by atoms with Crippen LogP contribution in [0.1, 0.15) is 18.1 Å². The fourth-order valence-corrected chi connectivity index (χ4v) is 1.44. The Morgan fingerprint density at radius 3 is 2.42 bits per heavy atom. The molecule has 1 unspecified atom stereocenters. The number of rotatable bonds is 6. The Bertz CT molecular complexity index is 465. The Hall–Kier alpha value is -2.14. The number of carboxylic acid groups (broad SMARTS) is 1. The number of aryl methyl sites for hydroxylation is 1. The first-order valence-corrected chi connectivity index (χ1v) is 5.98. The molecule has 0 heterocycles. The average Bonchev–Trinajstić information content (AvgIpc) is 2.42. The third kappa shape index (κ3) is 4.93. The summed E-state index contributed by atoms with van der Waals surface area (Å²) >= 11 is 0. The second-order valence-corrected chi connectivity index (χ2v) is 4.01. The molecule has 0 spiro atoms. The van der Waals surface area contributed by atoms with E-state index in [0.29, 0.717) is 0 Å². The van der Waals surface area contributed by atoms with Crippen molar-refractivity contribution >= 4 is 18.0 Å². The minimum absolute atomic E-state index is 0.555. The van der Waals surface area contributed by atoms with Gasteiger partial charge in [-0.15, -0.1) is 0 Å². The highest BCUT2D eigenvalue weighted by molar-refractivity contribution is 5.94. The van der Waals surface area contributed by atoms with Gasteiger partial charge >= 0.3 is 5.97 Å². The van der Waals surface area contributed by atoms with Crippen molar-refractivity contribution in [1.82, 2.24) is 5.32 Å². The van der Waals surface area contributed by atoms with Crippen LogP contribution in [0.5, 0.6) is 0 Å². The predicted octanol–water partition coefficient (Wildman–Crippen LogP) is 0.824. The van der Waals surface area contributed by atoms with Crippen LogP contribution in [-0.4, -0.2) is 34.7 Å². The van der Waals surface area contributed by atoms with Crippen molar-refractivity contribution in [3.8, 4) is 0 Å². The van der Waals surface area contributed by atoms with Crippen molar-refractivity contribution in [2.45, 2.75) is 19.4 Å². The number of benzene rings is 1. The van der Waals surface area contributed by atoms with Crippen LogP contribution in [0.15, 0.2) is 30.3 Å². The van der Waals surface area contributed by atoms with Gasteiger partial charge in [0.25, 0.3) is 0 Å². The minimum Gasteiger partial charge on any atom is -0.480 e. The summed E-state index contributed by atoms with van der Waals surface area (Å²) in [4.78, 5) is 22.1. The average molecular weight is 263 g/mol. The van der Waals surface area contributed by atoms with Gasteiger partial charge in [-0.2, -0.15) is 0 Å². The van der Waals surface area contributed by atoms with Crippen LogP contribution in [-0.2, 0) is 16.0 Å². The molecule has 0 aliphatic carbocycles. The number of nitrogens with one attached hydrogen (secondary N) is 1. The molecule has 0 saturated carbocycles. The SMILES string of the molecule is CCc1ccc(/C=C/C(=O)NC(CO)C(=O)O)cc1. The van der Waals surface area contributed by atoms with E-state index in [9.17, 15) is 9.59 Å². The molecule has 0 aromatic heterocycles. The third-order valence-electron chi connectivity index (χ3n) is 2.61. The minimum atomic E-state index is -1.28. The zero-order chi connectivity index (χ0) is 14.3. The zero-order valence-corrected chi connectivity index (χ0v) is 10.7. The maximum absolute atomic E-state index is 11.4. The number of carbonyl (C=O) groups excluding carboxylic acids is 1. The quantitative estimate of drug-likeness (QED) is 0.663. The number of hydrogen-bond donors (Lipinski definition) is 3. The van der Waals surface area contributed by atoms with Gasteiger partial charge in [-0.05, 0) is 23.6 Å². The smallest absolute Gasteiger partial charge is 0.328 e. The molecule has 0 fully saturated rings. The van der Waals surface area contributed by atoms with E-state index in [1.54, 1.807) is 6.08 Å². The molecule has 1 aromatic rings. The van der Waals surface area contributed by atoms with Crippen molar-refractivity contribution in [3.63, 3.8) is 0 Å². The Balaban J connectivity index is 2.59. The monoisotopic (exact) mass is 263 g/mol. The zero-order valence-electron chi connectivity index (χ0n) is 10.7. The standard InChI is InChI=1S/C14H17NO4/c1-2-10-3-5-11(6-4-10)7-8-13(17)15-12(9-16)14(18)19/h3-8,12,16H,2,9H2,1H3,(H,15,17)(H,18,19)/b8-7+. The summed E-state index contributed by atoms with van der Waals surface area (Å²) in [5, 5.41) is 19.6. The molecule has 1 amide bonds. The number of carboxylic acids is 1. The van der Waals surface area contributed by atoms with Gasteiger partial charge < -0.3 is 15.5 Å². The van der Waals surface area contributed by atoms with E-state index in [2.05, 4.69) is 12.2 Å². The molecule has 1 atom stereocenters. The molecular weight excluding hydrogens is 246 g/mol. The van der Waals surface area contributed by atoms with Gasteiger partial charge in [0, 0.05) is 6.08 Å². The van der Waals surface area contributed by atoms with Crippen molar-refractivity contribution < 1.29 is 19.8 Å². The number of hydrogen-bond acceptors (Lipinski definition) is 3. The van der Waals surface area contributed by atoms with Gasteiger partial charge in [-0.3, -0.25) is 4.79 Å². The number of aliphatic hydroxyl groups is 1. The molecule has 5 heteroatoms. The van der Waals surface area contributed by atoms with Crippen LogP contribution in [0.25, 0.3) is 6.08 Å². The molecule has 1 aromatic carbocycles. The summed E-state index contributed by atoms with van der Waals surface area (Å²) in [7, 11) is 0. The lowest BCUT2D eigenvalue weighted by atomic mass is 10.1. The highest BCUT2D eigenvalue weighted by Gasteiger charge is 2.16. The maximum atomic E-state index is 11.4. The van der Waals surface area contributed by atoms with Crippen molar-refractivity contribution in [2.24, 2.45) is 0 Å². The predicted molar refractivity (Wildman–Crippen MR) is 71.5 cm³/mol. The fraction of sp³-hybridized carbons (Fsp3) is 0.286. The van der Waals surface area contributed by atoms with Gasteiger partial charge in [0.05, 0.1) is 6.61 Å². The lowest BCUT2D eigenvalue weighted by molar-refractivity contribution is -0.142. The lowest BCUT2D eigenvalue weighted by Crippen LogP contribution is -2.42. The Morgan fingerprint density at radius 1 is 1.32 bits per heavy atom. The van der Waals surface area contributed by atoms with Gasteiger partial charge in [0.2, 0.25) is 5.91 Å². The first-order valence-electron chi connectivity index (χ1n) is 5.98. The molecule has 19 heavy (non-hydrogen) atoms. The van der Waals surface area contributed by atoms with E-state index in [-0.39, 0.29) is 0 Å². The topological polar surface area (TPSA) is 86.6 Å². The summed E-state index contributed by atoms with van der Waals surface area (Å²) in [6.07, 6.45) is 3.78. The highest BCUT2D eigenvalue weighted by Crippen LogP contribution is 2.06. The molecule has 102 valence electrons. The van der Waals surface area contributed by atoms with E-state index < -0.39 is 24.5 Å². The highest BCUT2D eigenvalue weighted by atomic mass is 16.4. The second kappa shape index (κ2) is 7.33. The van der Waals surface area contributed by atoms with Gasteiger partial charge in [0.1, 0.15) is 0 Å². The number of aliphatic hydroxyl groups excluding tert-OH is 1. The molecule has 1 rings (SSSR count). The number of aliphatic carboxylic acids is 1. The van der Waals surface area contributed by atoms with Crippen molar-refractivity contribution in [2.75, 3.05) is 6.61 Å². The van der Waals surface area contributed by atoms with E-state index >= 15 is 0 Å². The van der Waals surface area contributed by atoms with Crippen molar-refractivity contribution in [3.05, 3.63) is 41.5 Å². The molecule has 0 aliphatic heterocycles. The molecule has 5 nitrogen and oxygen atoms in total. The summed E-state index contributed by atoms with van der Waals surface area (Å²) in [6, 6.07) is 6.41. The first kappa shape index (κ1) is 14.9. The Kier molecular flexibility index (Phi) is 5.75. The third-order valence-corrected chi connectivity index (χ3v) is 2.61. The molecule has 0 bridgehead atoms. The molecule has 3 N–H and O–H groups in total. The van der Waals surface area contributed by atoms with Crippen LogP contribution in [0.4, 0.5) is 0 Å². The van der Waals surface area contributed by atoms with Crippen molar-refractivity contribution in [1.29, 1.82) is 0 Å². The second-order valence-electron chi connectivity index (χ2n) is 4.01. The fourth-order valence-electron chi connectivity index (χ4n) is 1.44. The summed E-state index contributed by atoms with van der Waals surface area (Å²) < 4.78 is 0. The van der Waals surface area contributed by atoms with Gasteiger partial charge in [0.15, 0.2) is 6.04 Å². The van der Waals surface area contributed by atoms with E-state index in [1.807, 2.05) is 24.3 Å². The molecule has 0 saturated heterocycles. The van der Waals surface area contributed by atoms with E-state index in [4.69, 9.17) is 10.2 Å². The van der Waals surface area contributed by atoms with E-state index in [0.717, 1.165) is 12.0 Å². The summed E-state index contributed by atoms with van der Waals surface area (Å²) in [6.45, 7) is 1.42. The van der Waals surface area contributed by atoms with E-state index in [1.165, 1.54) is 11.6 Å². The van der Waals surface area contributed by atoms with Gasteiger partial charge in [-0.25, -0.2) is 4.79 Å². The summed E-state index contributed by atoms with van der Waals surface area (Å²) in [5.41, 5.74) is 2.05. The van der Waals surface area contributed by atoms with Crippen LogP contribution in [0.3, 0.4) is 0 Å². The Morgan fingerprint density at radius 2 is 1.95 bits per heavy atom. The van der Waals surface area contributed by atoms with Crippen LogP contribution in [0, 0.1) is 0 Å². The number of amides is 1. The summed E-state index contributed by atoms with van der Waals surface area (Å²) in [5.74, 6) is -1.82. The van der Waals surface area contributed by atoms with Gasteiger partial charge in [-0.1, -0.05) is 31.2 Å². The Labute approximate surface area is 111 Å². The van der Waals surface area contributed by atoms with Crippen LogP contribution in [0.2, 0.25) is 0 Å². The normalized spacial score (nSPS) is 12.3. The maximum Gasteiger partial charge on any atom is 0.328 e. The van der Waals surface area contributed by atoms with Crippen LogP contribution < -0.4 is 5.32 Å². The molecule has 0 radical (unpaired) electrons. The molecule has 0 aliphatic rings. The molecular formula is C14H17NO4. The largest absolute Gasteiger partial charge is 0.480 e. The first-order chi connectivity index (χ1) is 9.06.